The number of hydrogen-bond acceptors (Lipinski definition) is 3. The maximum atomic E-state index is 4.48. The molecule has 0 fully saturated rings. The van der Waals surface area contributed by atoms with Crippen LogP contribution in [0.1, 0.15) is 11.1 Å². The van der Waals surface area contributed by atoms with Crippen LogP contribution >= 0.6 is 0 Å². The highest BCUT2D eigenvalue weighted by atomic mass is 15.3. The summed E-state index contributed by atoms with van der Waals surface area (Å²) in [4.78, 5) is 4.48. The first-order chi connectivity index (χ1) is 9.38. The molecule has 0 atom stereocenters. The number of fused-ring (bicyclic) bond motifs is 2. The number of rotatable bonds is 2. The molecule has 0 saturated heterocycles. The van der Waals surface area contributed by atoms with Crippen molar-refractivity contribution in [3.8, 4) is 0 Å². The third-order valence-corrected chi connectivity index (χ3v) is 3.63. The Morgan fingerprint density at radius 1 is 1.00 bits per heavy atom. The Bertz CT molecular complexity index is 674. The maximum Gasteiger partial charge on any atom is 0.243 e. The van der Waals surface area contributed by atoms with E-state index < -0.39 is 0 Å². The van der Waals surface area contributed by atoms with Crippen LogP contribution < -0.4 is 5.32 Å². The van der Waals surface area contributed by atoms with Gasteiger partial charge in [0.15, 0.2) is 5.65 Å². The number of anilines is 1. The highest BCUT2D eigenvalue weighted by molar-refractivity contribution is 5.45. The molecule has 4 heteroatoms. The highest BCUT2D eigenvalue weighted by Crippen LogP contribution is 2.23. The van der Waals surface area contributed by atoms with Crippen molar-refractivity contribution in [2.75, 3.05) is 5.32 Å². The average Bonchev–Trinajstić information content (AvgIpc) is 3.00. The van der Waals surface area contributed by atoms with Crippen LogP contribution in [0.15, 0.2) is 48.7 Å². The van der Waals surface area contributed by atoms with Gasteiger partial charge < -0.3 is 5.32 Å². The summed E-state index contributed by atoms with van der Waals surface area (Å²) < 4.78 is 1.80. The van der Waals surface area contributed by atoms with Crippen LogP contribution in [-0.4, -0.2) is 20.6 Å². The third kappa shape index (κ3) is 1.85. The van der Waals surface area contributed by atoms with E-state index in [1.807, 2.05) is 24.4 Å². The average molecular weight is 250 g/mol. The quantitative estimate of drug-likeness (QED) is 0.759. The molecule has 19 heavy (non-hydrogen) atoms. The van der Waals surface area contributed by atoms with Crippen molar-refractivity contribution in [2.24, 2.45) is 0 Å². The summed E-state index contributed by atoms with van der Waals surface area (Å²) in [6.45, 7) is 0. The third-order valence-electron chi connectivity index (χ3n) is 3.63. The van der Waals surface area contributed by atoms with Crippen LogP contribution in [0.5, 0.6) is 0 Å². The molecule has 1 aromatic carbocycles. The van der Waals surface area contributed by atoms with Gasteiger partial charge in [0.2, 0.25) is 5.95 Å². The first-order valence-electron chi connectivity index (χ1n) is 6.53. The van der Waals surface area contributed by atoms with Crippen LogP contribution in [0.3, 0.4) is 0 Å². The molecule has 4 rings (SSSR count). The van der Waals surface area contributed by atoms with E-state index in [1.54, 1.807) is 4.52 Å². The molecule has 1 aliphatic rings. The second-order valence-corrected chi connectivity index (χ2v) is 4.96. The molecular weight excluding hydrogens is 236 g/mol. The van der Waals surface area contributed by atoms with Crippen LogP contribution in [0, 0.1) is 0 Å². The van der Waals surface area contributed by atoms with E-state index in [1.165, 1.54) is 11.1 Å². The Hall–Kier alpha value is -2.36. The molecule has 0 aliphatic heterocycles. The molecule has 1 N–H and O–H groups in total. The minimum Gasteiger partial charge on any atom is -0.350 e. The molecule has 2 heterocycles. The van der Waals surface area contributed by atoms with E-state index in [9.17, 15) is 0 Å². The van der Waals surface area contributed by atoms with Crippen molar-refractivity contribution < 1.29 is 0 Å². The Labute approximate surface area is 111 Å². The van der Waals surface area contributed by atoms with Gasteiger partial charge in [0.05, 0.1) is 0 Å². The molecule has 94 valence electrons. The van der Waals surface area contributed by atoms with Crippen molar-refractivity contribution in [3.63, 3.8) is 0 Å². The van der Waals surface area contributed by atoms with Crippen molar-refractivity contribution in [2.45, 2.75) is 18.9 Å². The monoisotopic (exact) mass is 250 g/mol. The SMILES string of the molecule is c1ccc2c(c1)CC(Nc1nc3ccccn3n1)C2. The zero-order valence-electron chi connectivity index (χ0n) is 10.5. The summed E-state index contributed by atoms with van der Waals surface area (Å²) in [5, 5.41) is 7.87. The molecule has 1 aliphatic carbocycles. The van der Waals surface area contributed by atoms with Crippen LogP contribution in [-0.2, 0) is 12.8 Å². The minimum absolute atomic E-state index is 0.398. The summed E-state index contributed by atoms with van der Waals surface area (Å²) in [6, 6.07) is 14.9. The van der Waals surface area contributed by atoms with Gasteiger partial charge in [-0.3, -0.25) is 0 Å². The summed E-state index contributed by atoms with van der Waals surface area (Å²) in [7, 11) is 0. The number of benzene rings is 1. The lowest BCUT2D eigenvalue weighted by molar-refractivity contribution is 0.760. The number of aromatic nitrogens is 3. The van der Waals surface area contributed by atoms with Gasteiger partial charge in [-0.1, -0.05) is 30.3 Å². The molecule has 0 bridgehead atoms. The Morgan fingerprint density at radius 2 is 1.74 bits per heavy atom. The van der Waals surface area contributed by atoms with Gasteiger partial charge in [0.1, 0.15) is 0 Å². The number of pyridine rings is 1. The highest BCUT2D eigenvalue weighted by Gasteiger charge is 2.21. The largest absolute Gasteiger partial charge is 0.350 e. The number of hydrogen-bond donors (Lipinski definition) is 1. The summed E-state index contributed by atoms with van der Waals surface area (Å²) >= 11 is 0. The Morgan fingerprint density at radius 3 is 2.47 bits per heavy atom. The lowest BCUT2D eigenvalue weighted by atomic mass is 10.1. The van der Waals surface area contributed by atoms with Gasteiger partial charge in [-0.2, -0.15) is 4.98 Å². The Kier molecular flexibility index (Phi) is 2.27. The molecule has 0 radical (unpaired) electrons. The number of nitrogens with zero attached hydrogens (tertiary/aromatic N) is 3. The lowest BCUT2D eigenvalue weighted by Gasteiger charge is -2.08. The van der Waals surface area contributed by atoms with E-state index >= 15 is 0 Å². The van der Waals surface area contributed by atoms with Crippen molar-refractivity contribution >= 4 is 11.6 Å². The summed E-state index contributed by atoms with van der Waals surface area (Å²) in [6.07, 6.45) is 4.01. The second kappa shape index (κ2) is 4.09. The molecule has 4 nitrogen and oxygen atoms in total. The molecular formula is C15H14N4. The summed E-state index contributed by atoms with van der Waals surface area (Å²) in [5.74, 6) is 0.712. The van der Waals surface area contributed by atoms with Gasteiger partial charge in [-0.05, 0) is 36.1 Å². The standard InChI is InChI=1S/C15H14N4/c1-2-6-12-10-13(9-11(12)5-1)16-15-17-14-7-3-4-8-19(14)18-15/h1-8,13H,9-10H2,(H,16,18). The number of nitrogens with one attached hydrogen (secondary N) is 1. The van der Waals surface area contributed by atoms with Gasteiger partial charge >= 0.3 is 0 Å². The summed E-state index contributed by atoms with van der Waals surface area (Å²) in [5.41, 5.74) is 3.74. The fraction of sp³-hybridized carbons (Fsp3) is 0.200. The van der Waals surface area contributed by atoms with Gasteiger partial charge in [-0.15, -0.1) is 5.10 Å². The first kappa shape index (κ1) is 10.6. The van der Waals surface area contributed by atoms with Crippen molar-refractivity contribution in [1.82, 2.24) is 14.6 Å². The molecule has 2 aromatic heterocycles. The minimum atomic E-state index is 0.398. The zero-order valence-corrected chi connectivity index (χ0v) is 10.5. The van der Waals surface area contributed by atoms with E-state index in [2.05, 4.69) is 39.7 Å². The second-order valence-electron chi connectivity index (χ2n) is 4.96. The van der Waals surface area contributed by atoms with Crippen LogP contribution in [0.2, 0.25) is 0 Å². The molecule has 0 unspecified atom stereocenters. The van der Waals surface area contributed by atoms with E-state index in [4.69, 9.17) is 0 Å². The fourth-order valence-electron chi connectivity index (χ4n) is 2.74. The molecule has 3 aromatic rings. The fourth-order valence-corrected chi connectivity index (χ4v) is 2.74. The Balaban J connectivity index is 1.57. The van der Waals surface area contributed by atoms with Crippen molar-refractivity contribution in [1.29, 1.82) is 0 Å². The predicted molar refractivity (Wildman–Crippen MR) is 74.2 cm³/mol. The molecule has 0 amide bonds. The van der Waals surface area contributed by atoms with Crippen molar-refractivity contribution in [3.05, 3.63) is 59.8 Å². The smallest absolute Gasteiger partial charge is 0.243 e. The normalized spacial score (nSPS) is 14.7. The zero-order chi connectivity index (χ0) is 12.7. The van der Waals surface area contributed by atoms with E-state index in [0.29, 0.717) is 12.0 Å². The van der Waals surface area contributed by atoms with Gasteiger partial charge in [0, 0.05) is 12.2 Å². The maximum absolute atomic E-state index is 4.48. The molecule has 0 saturated carbocycles. The lowest BCUT2D eigenvalue weighted by Crippen LogP contribution is -2.20. The van der Waals surface area contributed by atoms with Gasteiger partial charge in [0.25, 0.3) is 0 Å². The molecule has 0 spiro atoms. The van der Waals surface area contributed by atoms with E-state index in [-0.39, 0.29) is 0 Å². The van der Waals surface area contributed by atoms with Crippen LogP contribution in [0.4, 0.5) is 5.95 Å². The topological polar surface area (TPSA) is 42.2 Å². The van der Waals surface area contributed by atoms with Gasteiger partial charge in [-0.25, -0.2) is 4.52 Å². The first-order valence-corrected chi connectivity index (χ1v) is 6.53. The van der Waals surface area contributed by atoms with Crippen LogP contribution in [0.25, 0.3) is 5.65 Å². The van der Waals surface area contributed by atoms with E-state index in [0.717, 1.165) is 18.5 Å². The predicted octanol–water partition coefficient (Wildman–Crippen LogP) is 2.31.